The smallest absolute Gasteiger partial charge is 0.258 e. The molecule has 3 rings (SSSR count). The normalized spacial score (nSPS) is 15.0. The molecule has 0 saturated carbocycles. The van der Waals surface area contributed by atoms with E-state index in [0.29, 0.717) is 24.8 Å². The van der Waals surface area contributed by atoms with Gasteiger partial charge in [-0.3, -0.25) is 4.79 Å². The number of ether oxygens (including phenoxy) is 2. The van der Waals surface area contributed by atoms with Crippen LogP contribution < -0.4 is 10.1 Å². The molecule has 0 aliphatic carbocycles. The summed E-state index contributed by atoms with van der Waals surface area (Å²) in [4.78, 5) is 16.5. The number of carbonyl (C=O) groups excluding carboxylic acids is 1. The maximum absolute atomic E-state index is 12.8. The second kappa shape index (κ2) is 8.80. The van der Waals surface area contributed by atoms with Crippen molar-refractivity contribution in [2.24, 2.45) is 0 Å². The number of amides is 1. The van der Waals surface area contributed by atoms with Gasteiger partial charge in [-0.1, -0.05) is 0 Å². The minimum Gasteiger partial charge on any atom is -0.484 e. The highest BCUT2D eigenvalue weighted by Crippen LogP contribution is 2.26. The van der Waals surface area contributed by atoms with Crippen molar-refractivity contribution in [3.05, 3.63) is 47.8 Å². The Morgan fingerprint density at radius 1 is 1.35 bits per heavy atom. The molecule has 1 fully saturated rings. The highest BCUT2D eigenvalue weighted by molar-refractivity contribution is 5.77. The van der Waals surface area contributed by atoms with E-state index in [-0.39, 0.29) is 18.3 Å². The minimum absolute atomic E-state index is 0.0959. The Morgan fingerprint density at radius 3 is 2.81 bits per heavy atom. The lowest BCUT2D eigenvalue weighted by atomic mass is 9.99. The topological polar surface area (TPSA) is 65.4 Å². The van der Waals surface area contributed by atoms with Gasteiger partial charge in [0, 0.05) is 44.1 Å². The molecule has 0 radical (unpaired) electrons. The Kier molecular flexibility index (Phi) is 6.22. The standard InChI is InChI=1S/C19H24FN3O3/c1-14-12-22-19(15-6-10-25-11-7-15)23(14)9-8-21-18(24)13-26-17-4-2-16(20)3-5-17/h2-5,12,15H,6-11,13H2,1H3,(H,21,24). The van der Waals surface area contributed by atoms with Gasteiger partial charge in [0.2, 0.25) is 0 Å². The van der Waals surface area contributed by atoms with E-state index in [4.69, 9.17) is 9.47 Å². The molecule has 0 bridgehead atoms. The summed E-state index contributed by atoms with van der Waals surface area (Å²) in [6, 6.07) is 5.59. The Morgan fingerprint density at radius 2 is 2.08 bits per heavy atom. The average molecular weight is 361 g/mol. The van der Waals surface area contributed by atoms with E-state index < -0.39 is 0 Å². The van der Waals surface area contributed by atoms with Crippen LogP contribution >= 0.6 is 0 Å². The van der Waals surface area contributed by atoms with Gasteiger partial charge in [-0.25, -0.2) is 9.37 Å². The predicted molar refractivity (Wildman–Crippen MR) is 94.7 cm³/mol. The Bertz CT molecular complexity index is 724. The molecule has 1 amide bonds. The molecule has 6 nitrogen and oxygen atoms in total. The largest absolute Gasteiger partial charge is 0.484 e. The number of nitrogens with one attached hydrogen (secondary N) is 1. The minimum atomic E-state index is -0.335. The summed E-state index contributed by atoms with van der Waals surface area (Å²) in [5, 5.41) is 2.85. The maximum atomic E-state index is 12.8. The Labute approximate surface area is 152 Å². The first kappa shape index (κ1) is 18.4. The number of aromatic nitrogens is 2. The lowest BCUT2D eigenvalue weighted by Gasteiger charge is -2.23. The molecule has 1 aromatic heterocycles. The molecule has 26 heavy (non-hydrogen) atoms. The van der Waals surface area contributed by atoms with Crippen molar-refractivity contribution >= 4 is 5.91 Å². The summed E-state index contributed by atoms with van der Waals surface area (Å²) in [5.74, 6) is 1.41. The van der Waals surface area contributed by atoms with Crippen molar-refractivity contribution < 1.29 is 18.7 Å². The van der Waals surface area contributed by atoms with Gasteiger partial charge in [0.05, 0.1) is 0 Å². The molecule has 1 saturated heterocycles. The van der Waals surface area contributed by atoms with Gasteiger partial charge < -0.3 is 19.4 Å². The third-order valence-corrected chi connectivity index (χ3v) is 4.51. The fourth-order valence-corrected chi connectivity index (χ4v) is 3.09. The van der Waals surface area contributed by atoms with E-state index in [0.717, 1.165) is 37.6 Å². The number of hydrogen-bond donors (Lipinski definition) is 1. The van der Waals surface area contributed by atoms with Crippen LogP contribution in [-0.4, -0.2) is 41.8 Å². The molecule has 2 heterocycles. The average Bonchev–Trinajstić information content (AvgIpc) is 3.03. The maximum Gasteiger partial charge on any atom is 0.258 e. The highest BCUT2D eigenvalue weighted by atomic mass is 19.1. The van der Waals surface area contributed by atoms with Crippen LogP contribution in [-0.2, 0) is 16.1 Å². The first-order chi connectivity index (χ1) is 12.6. The van der Waals surface area contributed by atoms with Gasteiger partial charge in [0.25, 0.3) is 5.91 Å². The van der Waals surface area contributed by atoms with E-state index in [1.54, 1.807) is 0 Å². The van der Waals surface area contributed by atoms with Gasteiger partial charge in [0.1, 0.15) is 17.4 Å². The summed E-state index contributed by atoms with van der Waals surface area (Å²) < 4.78 is 25.8. The summed E-state index contributed by atoms with van der Waals surface area (Å²) in [6.07, 6.45) is 3.84. The van der Waals surface area contributed by atoms with Crippen molar-refractivity contribution in [2.45, 2.75) is 32.2 Å². The molecule has 140 valence electrons. The van der Waals surface area contributed by atoms with E-state index in [1.165, 1.54) is 24.3 Å². The number of aryl methyl sites for hydroxylation is 1. The van der Waals surface area contributed by atoms with Crippen LogP contribution in [0.4, 0.5) is 4.39 Å². The number of benzene rings is 1. The second-order valence-corrected chi connectivity index (χ2v) is 6.39. The zero-order chi connectivity index (χ0) is 18.4. The quantitative estimate of drug-likeness (QED) is 0.823. The van der Waals surface area contributed by atoms with Crippen LogP contribution in [0.2, 0.25) is 0 Å². The number of hydrogen-bond acceptors (Lipinski definition) is 4. The van der Waals surface area contributed by atoms with E-state index in [9.17, 15) is 9.18 Å². The van der Waals surface area contributed by atoms with Crippen LogP contribution in [0.1, 0.15) is 30.3 Å². The Hall–Kier alpha value is -2.41. The Balaban J connectivity index is 1.46. The lowest BCUT2D eigenvalue weighted by molar-refractivity contribution is -0.123. The van der Waals surface area contributed by atoms with Crippen molar-refractivity contribution in [1.82, 2.24) is 14.9 Å². The highest BCUT2D eigenvalue weighted by Gasteiger charge is 2.21. The molecule has 0 spiro atoms. The van der Waals surface area contributed by atoms with Gasteiger partial charge in [-0.15, -0.1) is 0 Å². The van der Waals surface area contributed by atoms with Crippen LogP contribution in [0.3, 0.4) is 0 Å². The number of imidazole rings is 1. The number of rotatable bonds is 7. The molecule has 2 aromatic rings. The molecule has 7 heteroatoms. The molecule has 1 N–H and O–H groups in total. The van der Waals surface area contributed by atoms with Crippen LogP contribution in [0.15, 0.2) is 30.5 Å². The van der Waals surface area contributed by atoms with E-state index >= 15 is 0 Å². The van der Waals surface area contributed by atoms with Gasteiger partial charge in [-0.2, -0.15) is 0 Å². The molecule has 1 aromatic carbocycles. The van der Waals surface area contributed by atoms with Gasteiger partial charge in [-0.05, 0) is 44.0 Å². The summed E-state index contributed by atoms with van der Waals surface area (Å²) in [5.41, 5.74) is 1.09. The van der Waals surface area contributed by atoms with E-state index in [1.807, 2.05) is 13.1 Å². The van der Waals surface area contributed by atoms with Crippen LogP contribution in [0.25, 0.3) is 0 Å². The predicted octanol–water partition coefficient (Wildman–Crippen LogP) is 2.42. The van der Waals surface area contributed by atoms with Crippen molar-refractivity contribution in [3.63, 3.8) is 0 Å². The fourth-order valence-electron chi connectivity index (χ4n) is 3.09. The number of halogens is 1. The summed E-state index contributed by atoms with van der Waals surface area (Å²) in [6.45, 7) is 4.64. The third kappa shape index (κ3) is 4.82. The van der Waals surface area contributed by atoms with Crippen LogP contribution in [0.5, 0.6) is 5.75 Å². The van der Waals surface area contributed by atoms with Crippen molar-refractivity contribution in [1.29, 1.82) is 0 Å². The first-order valence-corrected chi connectivity index (χ1v) is 8.88. The molecular weight excluding hydrogens is 337 g/mol. The van der Waals surface area contributed by atoms with Crippen LogP contribution in [0, 0.1) is 12.7 Å². The second-order valence-electron chi connectivity index (χ2n) is 6.39. The monoisotopic (exact) mass is 361 g/mol. The van der Waals surface area contributed by atoms with Crippen molar-refractivity contribution in [3.8, 4) is 5.75 Å². The summed E-state index contributed by atoms with van der Waals surface area (Å²) >= 11 is 0. The molecule has 1 aliphatic heterocycles. The zero-order valence-corrected chi connectivity index (χ0v) is 14.9. The first-order valence-electron chi connectivity index (χ1n) is 8.88. The fraction of sp³-hybridized carbons (Fsp3) is 0.474. The molecule has 0 atom stereocenters. The van der Waals surface area contributed by atoms with Gasteiger partial charge >= 0.3 is 0 Å². The lowest BCUT2D eigenvalue weighted by Crippen LogP contribution is -2.32. The van der Waals surface area contributed by atoms with E-state index in [2.05, 4.69) is 14.9 Å². The molecule has 0 unspecified atom stereocenters. The molecular formula is C19H24FN3O3. The summed E-state index contributed by atoms with van der Waals surface area (Å²) in [7, 11) is 0. The zero-order valence-electron chi connectivity index (χ0n) is 14.9. The van der Waals surface area contributed by atoms with Crippen molar-refractivity contribution in [2.75, 3.05) is 26.4 Å². The SMILES string of the molecule is Cc1cnc(C2CCOCC2)n1CCNC(=O)COc1ccc(F)cc1. The number of nitrogens with zero attached hydrogens (tertiary/aromatic N) is 2. The number of carbonyl (C=O) groups is 1. The van der Waals surface area contributed by atoms with Gasteiger partial charge in [0.15, 0.2) is 6.61 Å². The third-order valence-electron chi connectivity index (χ3n) is 4.51. The molecule has 1 aliphatic rings.